The highest BCUT2D eigenvalue weighted by Crippen LogP contribution is 2.57. The number of halogens is 3. The number of hydrazine groups is 1. The second-order valence-corrected chi connectivity index (χ2v) is 16.8. The van der Waals surface area contributed by atoms with Gasteiger partial charge in [-0.15, -0.1) is 0 Å². The van der Waals surface area contributed by atoms with Gasteiger partial charge in [0.15, 0.2) is 5.69 Å². The molecular weight excluding hydrogens is 721 g/mol. The summed E-state index contributed by atoms with van der Waals surface area (Å²) >= 11 is 18.6. The van der Waals surface area contributed by atoms with E-state index in [1.54, 1.807) is 27.8 Å². The molecule has 6 fully saturated rings. The van der Waals surface area contributed by atoms with Crippen LogP contribution >= 0.6 is 34.8 Å². The SMILES string of the molecule is Cc1c(C(=O)NN2CCCCC2)nn(-c2ccc(Cl)cc2Cl)c1-c1ccc(Cl)cc1.N#C[C@@H]1CCCN1C(=O)CNC12C[C@@H]3C[C@@H](CC(O)(C3)C1)C2. The van der Waals surface area contributed by atoms with E-state index in [1.807, 2.05) is 36.2 Å². The first kappa shape index (κ1) is 37.2. The summed E-state index contributed by atoms with van der Waals surface area (Å²) in [6.07, 6.45) is 11.2. The van der Waals surface area contributed by atoms with Crippen molar-refractivity contribution >= 4 is 46.6 Å². The van der Waals surface area contributed by atoms with E-state index in [1.165, 1.54) is 12.8 Å². The van der Waals surface area contributed by atoms with E-state index in [0.717, 1.165) is 87.7 Å². The van der Waals surface area contributed by atoms with Gasteiger partial charge < -0.3 is 15.3 Å². The number of rotatable bonds is 7. The number of carbonyl (C=O) groups excluding carboxylic acids is 2. The molecule has 276 valence electrons. The van der Waals surface area contributed by atoms with Gasteiger partial charge in [-0.25, -0.2) is 9.69 Å². The van der Waals surface area contributed by atoms with Crippen LogP contribution in [0.1, 0.15) is 86.7 Å². The Morgan fingerprint density at radius 2 is 1.65 bits per heavy atom. The number of nitrogens with zero attached hydrogens (tertiary/aromatic N) is 5. The molecule has 0 spiro atoms. The number of hydrogen-bond donors (Lipinski definition) is 3. The number of likely N-dealkylation sites (tertiary alicyclic amines) is 1. The van der Waals surface area contributed by atoms with Crippen molar-refractivity contribution in [2.45, 2.75) is 94.7 Å². The van der Waals surface area contributed by atoms with E-state index < -0.39 is 5.60 Å². The molecule has 0 radical (unpaired) electrons. The van der Waals surface area contributed by atoms with E-state index in [4.69, 9.17) is 40.1 Å². The Kier molecular flexibility index (Phi) is 10.9. The van der Waals surface area contributed by atoms with Crippen LogP contribution in [-0.4, -0.2) is 80.0 Å². The molecule has 4 aliphatic carbocycles. The first-order valence-electron chi connectivity index (χ1n) is 18.5. The Balaban J connectivity index is 0.000000169. The van der Waals surface area contributed by atoms with Crippen LogP contribution in [0.15, 0.2) is 42.5 Å². The maximum Gasteiger partial charge on any atom is 0.286 e. The van der Waals surface area contributed by atoms with E-state index in [-0.39, 0.29) is 23.4 Å². The van der Waals surface area contributed by atoms with Crippen LogP contribution in [0.4, 0.5) is 0 Å². The topological polar surface area (TPSA) is 127 Å². The van der Waals surface area contributed by atoms with Gasteiger partial charge in [0.25, 0.3) is 5.91 Å². The maximum absolute atomic E-state index is 13.1. The van der Waals surface area contributed by atoms with Crippen molar-refractivity contribution in [1.82, 2.24) is 30.4 Å². The Morgan fingerprint density at radius 1 is 0.962 bits per heavy atom. The fraction of sp³-hybridized carbons (Fsp3) is 0.538. The van der Waals surface area contributed by atoms with Gasteiger partial charge in [0.1, 0.15) is 6.04 Å². The first-order chi connectivity index (χ1) is 24.9. The summed E-state index contributed by atoms with van der Waals surface area (Å²) in [6, 6.07) is 14.6. The first-order valence-corrected chi connectivity index (χ1v) is 19.6. The Hall–Kier alpha value is -3.17. The average molecular weight is 767 g/mol. The fourth-order valence-electron chi connectivity index (χ4n) is 9.67. The van der Waals surface area contributed by atoms with Crippen LogP contribution < -0.4 is 10.7 Å². The molecule has 13 heteroatoms. The molecular formula is C39H46Cl3N7O3. The molecule has 9 rings (SSSR count). The molecule has 5 atom stereocenters. The molecule has 2 saturated heterocycles. The molecule has 3 heterocycles. The summed E-state index contributed by atoms with van der Waals surface area (Å²) in [5.74, 6) is 1.06. The van der Waals surface area contributed by atoms with Gasteiger partial charge in [-0.2, -0.15) is 10.4 Å². The van der Waals surface area contributed by atoms with Gasteiger partial charge in [0.2, 0.25) is 5.91 Å². The van der Waals surface area contributed by atoms with Crippen molar-refractivity contribution in [1.29, 1.82) is 5.26 Å². The third kappa shape index (κ3) is 7.87. The number of piperidine rings is 1. The number of aliphatic hydroxyl groups is 1. The average Bonchev–Trinajstić information content (AvgIpc) is 3.72. The van der Waals surface area contributed by atoms with Crippen LogP contribution in [0.2, 0.25) is 15.1 Å². The molecule has 10 nitrogen and oxygen atoms in total. The van der Waals surface area contributed by atoms with Gasteiger partial charge in [-0.3, -0.25) is 15.0 Å². The van der Waals surface area contributed by atoms with Crippen molar-refractivity contribution in [3.63, 3.8) is 0 Å². The monoisotopic (exact) mass is 765 g/mol. The molecule has 1 aromatic heterocycles. The lowest BCUT2D eigenvalue weighted by Crippen LogP contribution is -2.65. The summed E-state index contributed by atoms with van der Waals surface area (Å²) in [5.41, 5.74) is 5.88. The van der Waals surface area contributed by atoms with Gasteiger partial charge in [-0.1, -0.05) is 53.4 Å². The van der Waals surface area contributed by atoms with Crippen molar-refractivity contribution in [3.05, 3.63) is 68.8 Å². The number of aromatic nitrogens is 2. The predicted molar refractivity (Wildman–Crippen MR) is 202 cm³/mol. The zero-order valence-corrected chi connectivity index (χ0v) is 31.8. The number of amides is 2. The summed E-state index contributed by atoms with van der Waals surface area (Å²) < 4.78 is 1.70. The highest BCUT2D eigenvalue weighted by Gasteiger charge is 2.57. The zero-order valence-electron chi connectivity index (χ0n) is 29.5. The quantitative estimate of drug-likeness (QED) is 0.234. The molecule has 2 amide bonds. The number of hydrogen-bond acceptors (Lipinski definition) is 7. The molecule has 4 bridgehead atoms. The normalized spacial score (nSPS) is 27.9. The molecule has 3 aromatic rings. The van der Waals surface area contributed by atoms with Gasteiger partial charge in [-0.05, 0) is 113 Å². The highest BCUT2D eigenvalue weighted by molar-refractivity contribution is 6.35. The lowest BCUT2D eigenvalue weighted by Gasteiger charge is -2.60. The van der Waals surface area contributed by atoms with Crippen LogP contribution in [0.3, 0.4) is 0 Å². The minimum atomic E-state index is -0.497. The maximum atomic E-state index is 13.1. The second kappa shape index (κ2) is 15.3. The van der Waals surface area contributed by atoms with Crippen LogP contribution in [0, 0.1) is 30.1 Å². The number of nitriles is 1. The predicted octanol–water partition coefficient (Wildman–Crippen LogP) is 7.11. The largest absolute Gasteiger partial charge is 0.390 e. The lowest BCUT2D eigenvalue weighted by molar-refractivity contribution is -0.147. The third-order valence-corrected chi connectivity index (χ3v) is 12.4. The number of carbonyl (C=O) groups is 2. The standard InChI is InChI=1S/C22H21Cl3N4O.C17H25N3O2/c1-14-20(22(30)27-28-11-3-2-4-12-28)26-29(19-10-9-17(24)13-18(19)25)21(14)15-5-7-16(23)8-6-15;18-9-14-2-1-3-20(14)15(21)10-19-16-5-12-4-13(6-16)8-17(22,7-12)11-16/h5-10,13H,2-4,11-12H2,1H3,(H,27,30);12-14,19,22H,1-8,10-11H2/t;12-,13+,14-,16?,17?/m.0/s1. The van der Waals surface area contributed by atoms with E-state index >= 15 is 0 Å². The number of benzene rings is 2. The van der Waals surface area contributed by atoms with Crippen molar-refractivity contribution < 1.29 is 14.7 Å². The molecule has 6 aliphatic rings. The smallest absolute Gasteiger partial charge is 0.286 e. The Labute approximate surface area is 320 Å². The van der Waals surface area contributed by atoms with Crippen LogP contribution in [0.25, 0.3) is 16.9 Å². The summed E-state index contributed by atoms with van der Waals surface area (Å²) in [5, 5.41) is 31.6. The van der Waals surface area contributed by atoms with E-state index in [9.17, 15) is 14.7 Å². The summed E-state index contributed by atoms with van der Waals surface area (Å²) in [7, 11) is 0. The van der Waals surface area contributed by atoms with Gasteiger partial charge in [0.05, 0.1) is 34.6 Å². The zero-order chi connectivity index (χ0) is 36.6. The third-order valence-electron chi connectivity index (χ3n) is 11.6. The van der Waals surface area contributed by atoms with E-state index in [0.29, 0.717) is 51.4 Å². The number of nitrogens with one attached hydrogen (secondary N) is 2. The second-order valence-electron chi connectivity index (χ2n) is 15.5. The fourth-order valence-corrected chi connectivity index (χ4v) is 10.3. The molecule has 2 aliphatic heterocycles. The minimum Gasteiger partial charge on any atom is -0.390 e. The van der Waals surface area contributed by atoms with Crippen molar-refractivity contribution in [3.8, 4) is 23.0 Å². The van der Waals surface area contributed by atoms with Gasteiger partial charge >= 0.3 is 0 Å². The molecule has 4 saturated carbocycles. The summed E-state index contributed by atoms with van der Waals surface area (Å²) in [4.78, 5) is 27.2. The lowest BCUT2D eigenvalue weighted by atomic mass is 9.51. The minimum absolute atomic E-state index is 0.0453. The van der Waals surface area contributed by atoms with Gasteiger partial charge in [0, 0.05) is 46.3 Å². The highest BCUT2D eigenvalue weighted by atomic mass is 35.5. The Morgan fingerprint density at radius 3 is 2.31 bits per heavy atom. The van der Waals surface area contributed by atoms with E-state index in [2.05, 4.69) is 21.9 Å². The van der Waals surface area contributed by atoms with Crippen molar-refractivity contribution in [2.75, 3.05) is 26.2 Å². The molecule has 3 N–H and O–H groups in total. The Bertz CT molecular complexity index is 1840. The molecule has 52 heavy (non-hydrogen) atoms. The molecule has 2 unspecified atom stereocenters. The summed E-state index contributed by atoms with van der Waals surface area (Å²) in [6.45, 7) is 4.61. The van der Waals surface area contributed by atoms with Crippen LogP contribution in [0.5, 0.6) is 0 Å². The molecule has 2 aromatic carbocycles. The van der Waals surface area contributed by atoms with Crippen molar-refractivity contribution in [2.24, 2.45) is 11.8 Å². The van der Waals surface area contributed by atoms with Crippen LogP contribution in [-0.2, 0) is 4.79 Å².